The number of anilines is 2. The van der Waals surface area contributed by atoms with E-state index in [1.165, 1.54) is 0 Å². The number of rotatable bonds is 4. The molecule has 3 amide bonds. The lowest BCUT2D eigenvalue weighted by atomic mass is 9.91. The van der Waals surface area contributed by atoms with Gasteiger partial charge in [-0.15, -0.1) is 0 Å². The normalized spacial score (nSPS) is 18.8. The molecule has 0 saturated carbocycles. The van der Waals surface area contributed by atoms with Gasteiger partial charge in [0.1, 0.15) is 0 Å². The van der Waals surface area contributed by atoms with Crippen molar-refractivity contribution in [1.82, 2.24) is 4.90 Å². The molecular weight excluding hydrogens is 370 g/mol. The summed E-state index contributed by atoms with van der Waals surface area (Å²) in [6.45, 7) is 4.51. The number of likely N-dealkylation sites (tertiary alicyclic amines) is 1. The van der Waals surface area contributed by atoms with Crippen molar-refractivity contribution in [3.8, 4) is 0 Å². The van der Waals surface area contributed by atoms with Crippen molar-refractivity contribution < 1.29 is 19.5 Å². The van der Waals surface area contributed by atoms with E-state index in [4.69, 9.17) is 0 Å². The molecule has 7 nitrogen and oxygen atoms in total. The van der Waals surface area contributed by atoms with Crippen LogP contribution in [-0.2, 0) is 4.79 Å². The number of aryl methyl sites for hydroxylation is 1. The van der Waals surface area contributed by atoms with Gasteiger partial charge in [0.05, 0.1) is 5.92 Å². The molecule has 0 aliphatic carbocycles. The minimum absolute atomic E-state index is 0.119. The van der Waals surface area contributed by atoms with E-state index in [9.17, 15) is 19.5 Å². The quantitative estimate of drug-likeness (QED) is 0.733. The molecule has 3 N–H and O–H groups in total. The molecule has 0 aromatic heterocycles. The molecule has 2 aromatic carbocycles. The molecule has 2 atom stereocenters. The van der Waals surface area contributed by atoms with Crippen molar-refractivity contribution in [1.29, 1.82) is 0 Å². The standard InChI is InChI=1S/C22H25N3O4/c1-14-10-17(21(27)28)13-25(12-14)22(29)24-19-11-18(9-8-15(19)2)23-20(26)16-6-4-3-5-7-16/h3-9,11,14,17H,10,12-13H2,1-2H3,(H,23,26)(H,24,29)(H,27,28). The molecule has 152 valence electrons. The summed E-state index contributed by atoms with van der Waals surface area (Å²) in [4.78, 5) is 38.0. The minimum Gasteiger partial charge on any atom is -0.481 e. The van der Waals surface area contributed by atoms with Crippen LogP contribution < -0.4 is 10.6 Å². The van der Waals surface area contributed by atoms with Crippen LogP contribution in [0, 0.1) is 18.8 Å². The number of carboxylic acid groups (broad SMARTS) is 1. The monoisotopic (exact) mass is 395 g/mol. The summed E-state index contributed by atoms with van der Waals surface area (Å²) in [6, 6.07) is 13.8. The van der Waals surface area contributed by atoms with Gasteiger partial charge in [0.2, 0.25) is 0 Å². The van der Waals surface area contributed by atoms with Crippen LogP contribution in [0.25, 0.3) is 0 Å². The highest BCUT2D eigenvalue weighted by molar-refractivity contribution is 6.04. The molecule has 0 bridgehead atoms. The van der Waals surface area contributed by atoms with Crippen molar-refractivity contribution in [3.05, 3.63) is 59.7 Å². The third kappa shape index (κ3) is 5.13. The number of amides is 3. The molecule has 3 rings (SSSR count). The summed E-state index contributed by atoms with van der Waals surface area (Å²) in [5.41, 5.74) is 2.53. The molecule has 0 spiro atoms. The molecule has 0 radical (unpaired) electrons. The molecule has 1 fully saturated rings. The summed E-state index contributed by atoms with van der Waals surface area (Å²) in [7, 11) is 0. The number of carbonyl (C=O) groups excluding carboxylic acids is 2. The Bertz CT molecular complexity index is 914. The fraction of sp³-hybridized carbons (Fsp3) is 0.318. The number of urea groups is 1. The zero-order chi connectivity index (χ0) is 21.0. The average molecular weight is 395 g/mol. The molecule has 1 saturated heterocycles. The second-order valence-electron chi connectivity index (χ2n) is 7.56. The number of piperidine rings is 1. The first-order chi connectivity index (χ1) is 13.8. The SMILES string of the molecule is Cc1ccc(NC(=O)c2ccccc2)cc1NC(=O)N1CC(C)CC(C(=O)O)C1. The van der Waals surface area contributed by atoms with Crippen LogP contribution >= 0.6 is 0 Å². The molecule has 29 heavy (non-hydrogen) atoms. The number of nitrogens with zero attached hydrogens (tertiary/aromatic N) is 1. The van der Waals surface area contributed by atoms with Crippen molar-refractivity contribution in [3.63, 3.8) is 0 Å². The second kappa shape index (κ2) is 8.77. The van der Waals surface area contributed by atoms with E-state index in [2.05, 4.69) is 10.6 Å². The van der Waals surface area contributed by atoms with Crippen LogP contribution in [0.1, 0.15) is 29.3 Å². The van der Waals surface area contributed by atoms with E-state index in [1.54, 1.807) is 41.3 Å². The van der Waals surface area contributed by atoms with Crippen molar-refractivity contribution in [2.24, 2.45) is 11.8 Å². The van der Waals surface area contributed by atoms with Crippen LogP contribution in [-0.4, -0.2) is 41.0 Å². The van der Waals surface area contributed by atoms with E-state index in [1.807, 2.05) is 26.0 Å². The number of carboxylic acids is 1. The van der Waals surface area contributed by atoms with Gasteiger partial charge in [-0.3, -0.25) is 9.59 Å². The highest BCUT2D eigenvalue weighted by Gasteiger charge is 2.32. The summed E-state index contributed by atoms with van der Waals surface area (Å²) >= 11 is 0. The molecule has 2 aromatic rings. The number of carbonyl (C=O) groups is 3. The lowest BCUT2D eigenvalue weighted by Gasteiger charge is -2.34. The smallest absolute Gasteiger partial charge is 0.321 e. The Morgan fingerprint density at radius 2 is 1.76 bits per heavy atom. The Kier molecular flexibility index (Phi) is 6.16. The predicted molar refractivity (Wildman–Crippen MR) is 111 cm³/mol. The zero-order valence-electron chi connectivity index (χ0n) is 16.5. The van der Waals surface area contributed by atoms with Crippen molar-refractivity contribution in [2.75, 3.05) is 23.7 Å². The van der Waals surface area contributed by atoms with Crippen LogP contribution in [0.4, 0.5) is 16.2 Å². The van der Waals surface area contributed by atoms with Gasteiger partial charge in [-0.2, -0.15) is 0 Å². The van der Waals surface area contributed by atoms with Gasteiger partial charge in [0.15, 0.2) is 0 Å². The van der Waals surface area contributed by atoms with Crippen LogP contribution in [0.3, 0.4) is 0 Å². The Hall–Kier alpha value is -3.35. The number of hydrogen-bond acceptors (Lipinski definition) is 3. The van der Waals surface area contributed by atoms with E-state index >= 15 is 0 Å². The van der Waals surface area contributed by atoms with Gasteiger partial charge in [-0.25, -0.2) is 4.79 Å². The Morgan fingerprint density at radius 1 is 1.03 bits per heavy atom. The summed E-state index contributed by atoms with van der Waals surface area (Å²) in [5.74, 6) is -1.55. The summed E-state index contributed by atoms with van der Waals surface area (Å²) in [6.07, 6.45) is 0.569. The Labute approximate surface area is 169 Å². The number of hydrogen-bond donors (Lipinski definition) is 3. The lowest BCUT2D eigenvalue weighted by molar-refractivity contribution is -0.143. The molecule has 1 heterocycles. The maximum absolute atomic E-state index is 12.7. The van der Waals surface area contributed by atoms with Crippen molar-refractivity contribution in [2.45, 2.75) is 20.3 Å². The van der Waals surface area contributed by atoms with Crippen LogP contribution in [0.5, 0.6) is 0 Å². The average Bonchev–Trinajstić information content (AvgIpc) is 2.70. The van der Waals surface area contributed by atoms with E-state index in [0.717, 1.165) is 5.56 Å². The van der Waals surface area contributed by atoms with E-state index in [-0.39, 0.29) is 24.4 Å². The highest BCUT2D eigenvalue weighted by Crippen LogP contribution is 2.25. The van der Waals surface area contributed by atoms with Gasteiger partial charge >= 0.3 is 12.0 Å². The predicted octanol–water partition coefficient (Wildman–Crippen LogP) is 3.82. The Morgan fingerprint density at radius 3 is 2.45 bits per heavy atom. The van der Waals surface area contributed by atoms with Gasteiger partial charge < -0.3 is 20.6 Å². The third-order valence-electron chi connectivity index (χ3n) is 5.07. The van der Waals surface area contributed by atoms with E-state index < -0.39 is 11.9 Å². The largest absolute Gasteiger partial charge is 0.481 e. The maximum Gasteiger partial charge on any atom is 0.321 e. The fourth-order valence-corrected chi connectivity index (χ4v) is 3.52. The summed E-state index contributed by atoms with van der Waals surface area (Å²) < 4.78 is 0. The number of aliphatic carboxylic acids is 1. The van der Waals surface area contributed by atoms with Gasteiger partial charge in [0, 0.05) is 30.0 Å². The number of nitrogens with one attached hydrogen (secondary N) is 2. The number of benzene rings is 2. The molecular formula is C22H25N3O4. The third-order valence-corrected chi connectivity index (χ3v) is 5.07. The second-order valence-corrected chi connectivity index (χ2v) is 7.56. The van der Waals surface area contributed by atoms with Crippen LogP contribution in [0.2, 0.25) is 0 Å². The van der Waals surface area contributed by atoms with Crippen LogP contribution in [0.15, 0.2) is 48.5 Å². The first-order valence-electron chi connectivity index (χ1n) is 9.59. The van der Waals surface area contributed by atoms with E-state index in [0.29, 0.717) is 29.9 Å². The molecule has 7 heteroatoms. The van der Waals surface area contributed by atoms with Crippen molar-refractivity contribution >= 4 is 29.3 Å². The zero-order valence-corrected chi connectivity index (χ0v) is 16.5. The molecule has 1 aliphatic heterocycles. The lowest BCUT2D eigenvalue weighted by Crippen LogP contribution is -2.47. The first kappa shape index (κ1) is 20.4. The summed E-state index contributed by atoms with van der Waals surface area (Å²) in [5, 5.41) is 15.0. The maximum atomic E-state index is 12.7. The first-order valence-corrected chi connectivity index (χ1v) is 9.59. The molecule has 2 unspecified atom stereocenters. The molecule has 1 aliphatic rings. The Balaban J connectivity index is 1.70. The fourth-order valence-electron chi connectivity index (χ4n) is 3.52. The van der Waals surface area contributed by atoms with Gasteiger partial charge in [-0.1, -0.05) is 31.2 Å². The topological polar surface area (TPSA) is 98.7 Å². The minimum atomic E-state index is -0.879. The van der Waals surface area contributed by atoms with Gasteiger partial charge in [-0.05, 0) is 49.1 Å². The van der Waals surface area contributed by atoms with Gasteiger partial charge in [0.25, 0.3) is 5.91 Å². The highest BCUT2D eigenvalue weighted by atomic mass is 16.4.